The molecule has 1 aromatic rings. The second-order valence-corrected chi connectivity index (χ2v) is 6.73. The lowest BCUT2D eigenvalue weighted by molar-refractivity contribution is 0.0389. The van der Waals surface area contributed by atoms with Gasteiger partial charge in [-0.2, -0.15) is 0 Å². The third-order valence-corrected chi connectivity index (χ3v) is 4.49. The zero-order valence-electron chi connectivity index (χ0n) is 17.6. The van der Waals surface area contributed by atoms with Gasteiger partial charge in [0.25, 0.3) is 0 Å². The molecule has 7 nitrogen and oxygen atoms in total. The molecule has 7 heteroatoms. The third-order valence-electron chi connectivity index (χ3n) is 4.49. The molecule has 1 heterocycles. The van der Waals surface area contributed by atoms with Crippen molar-refractivity contribution in [3.8, 4) is 5.75 Å². The molecule has 0 atom stereocenters. The number of hydrogen-bond donors (Lipinski definition) is 2. The Kier molecular flexibility index (Phi) is 10.7. The highest BCUT2D eigenvalue weighted by atomic mass is 16.5. The number of benzene rings is 1. The van der Waals surface area contributed by atoms with Gasteiger partial charge < -0.3 is 24.8 Å². The molecule has 0 saturated carbocycles. The molecule has 2 rings (SSSR count). The molecule has 0 radical (unpaired) electrons. The van der Waals surface area contributed by atoms with Crippen molar-refractivity contribution in [3.05, 3.63) is 29.3 Å². The molecule has 0 unspecified atom stereocenters. The number of rotatable bonds is 11. The number of guanidine groups is 1. The molecule has 0 bridgehead atoms. The number of aryl methyl sites for hydroxylation is 1. The predicted molar refractivity (Wildman–Crippen MR) is 113 cm³/mol. The van der Waals surface area contributed by atoms with Crippen molar-refractivity contribution in [2.45, 2.75) is 27.3 Å². The Morgan fingerprint density at radius 3 is 2.75 bits per heavy atom. The monoisotopic (exact) mass is 392 g/mol. The summed E-state index contributed by atoms with van der Waals surface area (Å²) in [5.41, 5.74) is 2.25. The minimum Gasteiger partial charge on any atom is -0.491 e. The zero-order valence-corrected chi connectivity index (χ0v) is 17.6. The molecule has 1 saturated heterocycles. The molecule has 0 aliphatic carbocycles. The first kappa shape index (κ1) is 22.5. The molecule has 1 aliphatic heterocycles. The van der Waals surface area contributed by atoms with Crippen LogP contribution in [0.15, 0.2) is 23.2 Å². The lowest BCUT2D eigenvalue weighted by Crippen LogP contribution is -2.44. The first-order chi connectivity index (χ1) is 13.7. The fourth-order valence-corrected chi connectivity index (χ4v) is 2.94. The maximum Gasteiger partial charge on any atom is 0.191 e. The average Bonchev–Trinajstić information content (AvgIpc) is 2.71. The molecule has 0 spiro atoms. The Labute approximate surface area is 169 Å². The summed E-state index contributed by atoms with van der Waals surface area (Å²) in [6.45, 7) is 14.9. The topological polar surface area (TPSA) is 67.4 Å². The van der Waals surface area contributed by atoms with Crippen LogP contribution >= 0.6 is 0 Å². The summed E-state index contributed by atoms with van der Waals surface area (Å²) >= 11 is 0. The van der Waals surface area contributed by atoms with Gasteiger partial charge in [-0.05, 0) is 32.4 Å². The highest BCUT2D eigenvalue weighted by molar-refractivity contribution is 5.79. The van der Waals surface area contributed by atoms with Crippen molar-refractivity contribution in [1.82, 2.24) is 15.5 Å². The van der Waals surface area contributed by atoms with Gasteiger partial charge in [0.15, 0.2) is 5.96 Å². The number of nitrogens with zero attached hydrogens (tertiary/aromatic N) is 2. The van der Waals surface area contributed by atoms with Crippen LogP contribution in [-0.4, -0.2) is 76.6 Å². The van der Waals surface area contributed by atoms with Crippen LogP contribution in [0.2, 0.25) is 0 Å². The van der Waals surface area contributed by atoms with Crippen molar-refractivity contribution >= 4 is 5.96 Å². The van der Waals surface area contributed by atoms with E-state index >= 15 is 0 Å². The van der Waals surface area contributed by atoms with Gasteiger partial charge in [-0.25, -0.2) is 4.99 Å². The molecule has 0 aromatic heterocycles. The zero-order chi connectivity index (χ0) is 20.0. The maximum atomic E-state index is 5.92. The molecule has 0 amide bonds. The van der Waals surface area contributed by atoms with E-state index in [1.807, 2.05) is 6.92 Å². The van der Waals surface area contributed by atoms with E-state index in [4.69, 9.17) is 19.2 Å². The Hall–Kier alpha value is -1.83. The lowest BCUT2D eigenvalue weighted by Gasteiger charge is -2.26. The van der Waals surface area contributed by atoms with E-state index in [1.165, 1.54) is 5.56 Å². The Morgan fingerprint density at radius 2 is 2.00 bits per heavy atom. The van der Waals surface area contributed by atoms with Crippen molar-refractivity contribution < 1.29 is 14.2 Å². The minimum atomic E-state index is 0.547. The fourth-order valence-electron chi connectivity index (χ4n) is 2.94. The molecule has 1 fully saturated rings. The molecule has 2 N–H and O–H groups in total. The van der Waals surface area contributed by atoms with Gasteiger partial charge in [0.05, 0.1) is 26.4 Å². The normalized spacial score (nSPS) is 15.5. The SMILES string of the molecule is CCNC(=NCc1ccc(C)cc1OCCOCC)NCCN1CCOCC1. The van der Waals surface area contributed by atoms with Crippen LogP contribution in [0.25, 0.3) is 0 Å². The second kappa shape index (κ2) is 13.4. The average molecular weight is 393 g/mol. The highest BCUT2D eigenvalue weighted by Crippen LogP contribution is 2.21. The van der Waals surface area contributed by atoms with E-state index in [0.717, 1.165) is 63.2 Å². The van der Waals surface area contributed by atoms with Gasteiger partial charge in [-0.1, -0.05) is 12.1 Å². The smallest absolute Gasteiger partial charge is 0.191 e. The van der Waals surface area contributed by atoms with Crippen molar-refractivity contribution in [3.63, 3.8) is 0 Å². The standard InChI is InChI=1S/C21H36N4O3/c1-4-22-21(23-8-9-25-10-12-27-13-11-25)24-17-19-7-6-18(3)16-20(19)28-15-14-26-5-2/h6-7,16H,4-5,8-15,17H2,1-3H3,(H2,22,23,24). The van der Waals surface area contributed by atoms with E-state index in [0.29, 0.717) is 26.4 Å². The van der Waals surface area contributed by atoms with Crippen LogP contribution in [0.4, 0.5) is 0 Å². The number of nitrogens with one attached hydrogen (secondary N) is 2. The molecule has 158 valence electrons. The summed E-state index contributed by atoms with van der Waals surface area (Å²) in [4.78, 5) is 7.15. The lowest BCUT2D eigenvalue weighted by atomic mass is 10.1. The van der Waals surface area contributed by atoms with Crippen molar-refractivity contribution in [2.75, 3.05) is 65.8 Å². The third kappa shape index (κ3) is 8.46. The number of morpholine rings is 1. The van der Waals surface area contributed by atoms with Gasteiger partial charge >= 0.3 is 0 Å². The van der Waals surface area contributed by atoms with Gasteiger partial charge in [-0.15, -0.1) is 0 Å². The quantitative estimate of drug-likeness (QED) is 0.340. The van der Waals surface area contributed by atoms with Crippen LogP contribution in [0.3, 0.4) is 0 Å². The summed E-state index contributed by atoms with van der Waals surface area (Å²) in [6.07, 6.45) is 0. The Balaban J connectivity index is 1.89. The van der Waals surface area contributed by atoms with Crippen LogP contribution in [0, 0.1) is 6.92 Å². The number of hydrogen-bond acceptors (Lipinski definition) is 5. The van der Waals surface area contributed by atoms with Crippen LogP contribution in [-0.2, 0) is 16.0 Å². The molecule has 1 aliphatic rings. The van der Waals surface area contributed by atoms with E-state index in [9.17, 15) is 0 Å². The molecule has 28 heavy (non-hydrogen) atoms. The first-order valence-corrected chi connectivity index (χ1v) is 10.3. The summed E-state index contributed by atoms with van der Waals surface area (Å²) in [7, 11) is 0. The Bertz CT molecular complexity index is 589. The second-order valence-electron chi connectivity index (χ2n) is 6.73. The molecular weight excluding hydrogens is 356 g/mol. The van der Waals surface area contributed by atoms with E-state index in [-0.39, 0.29) is 0 Å². The minimum absolute atomic E-state index is 0.547. The summed E-state index contributed by atoms with van der Waals surface area (Å²) in [5, 5.41) is 6.74. The van der Waals surface area contributed by atoms with Crippen LogP contribution in [0.5, 0.6) is 5.75 Å². The number of aliphatic imine (C=N–C) groups is 1. The van der Waals surface area contributed by atoms with Crippen molar-refractivity contribution in [1.29, 1.82) is 0 Å². The van der Waals surface area contributed by atoms with Crippen molar-refractivity contribution in [2.24, 2.45) is 4.99 Å². The van der Waals surface area contributed by atoms with E-state index in [1.54, 1.807) is 0 Å². The Morgan fingerprint density at radius 1 is 1.18 bits per heavy atom. The fraction of sp³-hybridized carbons (Fsp3) is 0.667. The van der Waals surface area contributed by atoms with E-state index < -0.39 is 0 Å². The van der Waals surface area contributed by atoms with Gasteiger partial charge in [-0.3, -0.25) is 4.90 Å². The molecule has 1 aromatic carbocycles. The highest BCUT2D eigenvalue weighted by Gasteiger charge is 2.10. The van der Waals surface area contributed by atoms with Gasteiger partial charge in [0, 0.05) is 44.9 Å². The van der Waals surface area contributed by atoms with Crippen LogP contribution in [0.1, 0.15) is 25.0 Å². The molecular formula is C21H36N4O3. The summed E-state index contributed by atoms with van der Waals surface area (Å²) < 4.78 is 16.7. The van der Waals surface area contributed by atoms with Gasteiger partial charge in [0.1, 0.15) is 12.4 Å². The maximum absolute atomic E-state index is 5.92. The van der Waals surface area contributed by atoms with Crippen LogP contribution < -0.4 is 15.4 Å². The summed E-state index contributed by atoms with van der Waals surface area (Å²) in [6, 6.07) is 6.25. The predicted octanol–water partition coefficient (Wildman–Crippen LogP) is 1.80. The first-order valence-electron chi connectivity index (χ1n) is 10.3. The number of ether oxygens (including phenoxy) is 3. The largest absolute Gasteiger partial charge is 0.491 e. The van der Waals surface area contributed by atoms with E-state index in [2.05, 4.69) is 47.6 Å². The summed E-state index contributed by atoms with van der Waals surface area (Å²) in [5.74, 6) is 1.71. The van der Waals surface area contributed by atoms with Gasteiger partial charge in [0.2, 0.25) is 0 Å².